The summed E-state index contributed by atoms with van der Waals surface area (Å²) >= 11 is 6.17. The lowest BCUT2D eigenvalue weighted by Gasteiger charge is -2.15. The van der Waals surface area contributed by atoms with Crippen molar-refractivity contribution in [2.45, 2.75) is 12.5 Å². The van der Waals surface area contributed by atoms with Gasteiger partial charge in [0.05, 0.1) is 6.61 Å². The Labute approximate surface area is 135 Å². The predicted octanol–water partition coefficient (Wildman–Crippen LogP) is 4.96. The molecule has 0 aliphatic heterocycles. The number of hydrogen-bond donors (Lipinski definition) is 1. The molecule has 2 nitrogen and oxygen atoms in total. The van der Waals surface area contributed by atoms with Gasteiger partial charge in [0.25, 0.3) is 0 Å². The van der Waals surface area contributed by atoms with E-state index in [1.807, 2.05) is 48.5 Å². The minimum Gasteiger partial charge on any atom is -0.493 e. The van der Waals surface area contributed by atoms with Crippen LogP contribution >= 0.6 is 11.6 Å². The molecule has 0 fully saturated rings. The van der Waals surface area contributed by atoms with Gasteiger partial charge in [0, 0.05) is 22.9 Å². The van der Waals surface area contributed by atoms with Crippen LogP contribution in [-0.2, 0) is 0 Å². The van der Waals surface area contributed by atoms with E-state index in [2.05, 4.69) is 18.2 Å². The van der Waals surface area contributed by atoms with Crippen molar-refractivity contribution in [2.75, 3.05) is 6.61 Å². The summed E-state index contributed by atoms with van der Waals surface area (Å²) in [4.78, 5) is 0. The third-order valence-electron chi connectivity index (χ3n) is 3.74. The van der Waals surface area contributed by atoms with Crippen molar-refractivity contribution in [1.82, 2.24) is 0 Å². The Kier molecular flexibility index (Phi) is 4.62. The summed E-state index contributed by atoms with van der Waals surface area (Å²) in [7, 11) is 0. The summed E-state index contributed by atoms with van der Waals surface area (Å²) in [5.41, 5.74) is 7.17. The zero-order valence-corrected chi connectivity index (χ0v) is 13.0. The highest BCUT2D eigenvalue weighted by Crippen LogP contribution is 2.27. The van der Waals surface area contributed by atoms with Crippen molar-refractivity contribution in [3.63, 3.8) is 0 Å². The molecule has 0 saturated carbocycles. The Morgan fingerprint density at radius 1 is 0.909 bits per heavy atom. The number of rotatable bonds is 5. The second kappa shape index (κ2) is 6.82. The highest BCUT2D eigenvalue weighted by Gasteiger charge is 2.10. The van der Waals surface area contributed by atoms with Crippen molar-refractivity contribution in [1.29, 1.82) is 0 Å². The molecule has 3 aromatic carbocycles. The first-order chi connectivity index (χ1) is 10.8. The van der Waals surface area contributed by atoms with Crippen molar-refractivity contribution < 1.29 is 4.74 Å². The number of fused-ring (bicyclic) bond motifs is 1. The van der Waals surface area contributed by atoms with Crippen LogP contribution < -0.4 is 10.5 Å². The monoisotopic (exact) mass is 311 g/mol. The van der Waals surface area contributed by atoms with Crippen LogP contribution in [-0.4, -0.2) is 6.61 Å². The van der Waals surface area contributed by atoms with E-state index in [-0.39, 0.29) is 6.04 Å². The summed E-state index contributed by atoms with van der Waals surface area (Å²) in [5.74, 6) is 0.893. The van der Waals surface area contributed by atoms with Crippen molar-refractivity contribution >= 4 is 22.4 Å². The highest BCUT2D eigenvalue weighted by molar-refractivity contribution is 6.31. The molecule has 0 aliphatic rings. The Morgan fingerprint density at radius 3 is 2.50 bits per heavy atom. The minimum absolute atomic E-state index is 0.122. The van der Waals surface area contributed by atoms with Gasteiger partial charge in [-0.25, -0.2) is 0 Å². The average Bonchev–Trinajstić information content (AvgIpc) is 2.55. The maximum absolute atomic E-state index is 6.21. The molecule has 3 heteroatoms. The Morgan fingerprint density at radius 2 is 1.64 bits per heavy atom. The van der Waals surface area contributed by atoms with E-state index in [9.17, 15) is 0 Å². The van der Waals surface area contributed by atoms with E-state index in [0.29, 0.717) is 18.1 Å². The lowest BCUT2D eigenvalue weighted by Crippen LogP contribution is -2.14. The largest absolute Gasteiger partial charge is 0.493 e. The van der Waals surface area contributed by atoms with Gasteiger partial charge in [0.1, 0.15) is 5.75 Å². The van der Waals surface area contributed by atoms with Gasteiger partial charge in [0.15, 0.2) is 0 Å². The van der Waals surface area contributed by atoms with E-state index in [0.717, 1.165) is 16.7 Å². The van der Waals surface area contributed by atoms with Crippen LogP contribution in [0.5, 0.6) is 5.75 Å². The van der Waals surface area contributed by atoms with Gasteiger partial charge in [-0.3, -0.25) is 0 Å². The standard InChI is InChI=1S/C19H18ClNO/c20-17-10-4-3-9-16(17)18(21)12-13-22-19-11-5-7-14-6-1-2-8-15(14)19/h1-11,18H,12-13,21H2. The van der Waals surface area contributed by atoms with Gasteiger partial charge in [-0.15, -0.1) is 0 Å². The summed E-state index contributed by atoms with van der Waals surface area (Å²) < 4.78 is 5.93. The van der Waals surface area contributed by atoms with Crippen LogP contribution in [0.15, 0.2) is 66.7 Å². The molecule has 22 heavy (non-hydrogen) atoms. The van der Waals surface area contributed by atoms with Crippen LogP contribution in [0.2, 0.25) is 5.02 Å². The van der Waals surface area contributed by atoms with Gasteiger partial charge >= 0.3 is 0 Å². The number of halogens is 1. The molecule has 0 radical (unpaired) electrons. The van der Waals surface area contributed by atoms with E-state index < -0.39 is 0 Å². The summed E-state index contributed by atoms with van der Waals surface area (Å²) in [5, 5.41) is 3.01. The molecule has 1 unspecified atom stereocenters. The number of ether oxygens (including phenoxy) is 1. The third kappa shape index (κ3) is 3.24. The molecule has 3 rings (SSSR count). The lowest BCUT2D eigenvalue weighted by molar-refractivity contribution is 0.302. The second-order valence-corrected chi connectivity index (χ2v) is 5.65. The maximum Gasteiger partial charge on any atom is 0.127 e. The average molecular weight is 312 g/mol. The molecular formula is C19H18ClNO. The van der Waals surface area contributed by atoms with Gasteiger partial charge in [0.2, 0.25) is 0 Å². The fourth-order valence-corrected chi connectivity index (χ4v) is 2.82. The zero-order chi connectivity index (χ0) is 15.4. The molecule has 0 bridgehead atoms. The maximum atomic E-state index is 6.21. The van der Waals surface area contributed by atoms with E-state index in [4.69, 9.17) is 22.1 Å². The Balaban J connectivity index is 1.66. The van der Waals surface area contributed by atoms with Crippen molar-refractivity contribution in [3.8, 4) is 5.75 Å². The van der Waals surface area contributed by atoms with Gasteiger partial charge in [-0.05, 0) is 23.1 Å². The normalized spacial score (nSPS) is 12.3. The second-order valence-electron chi connectivity index (χ2n) is 5.24. The minimum atomic E-state index is -0.122. The van der Waals surface area contributed by atoms with Crippen LogP contribution in [0.1, 0.15) is 18.0 Å². The third-order valence-corrected chi connectivity index (χ3v) is 4.08. The first kappa shape index (κ1) is 14.9. The van der Waals surface area contributed by atoms with E-state index in [1.165, 1.54) is 5.39 Å². The fourth-order valence-electron chi connectivity index (χ4n) is 2.55. The number of hydrogen-bond acceptors (Lipinski definition) is 2. The van der Waals surface area contributed by atoms with Crippen molar-refractivity contribution in [2.24, 2.45) is 5.73 Å². The zero-order valence-electron chi connectivity index (χ0n) is 12.2. The highest BCUT2D eigenvalue weighted by atomic mass is 35.5. The molecule has 0 amide bonds. The molecule has 2 N–H and O–H groups in total. The lowest BCUT2D eigenvalue weighted by atomic mass is 10.1. The van der Waals surface area contributed by atoms with Crippen molar-refractivity contribution in [3.05, 3.63) is 77.3 Å². The van der Waals surface area contributed by atoms with Crippen LogP contribution in [0.3, 0.4) is 0 Å². The van der Waals surface area contributed by atoms with Crippen LogP contribution in [0.4, 0.5) is 0 Å². The van der Waals surface area contributed by atoms with Gasteiger partial charge in [-0.2, -0.15) is 0 Å². The first-order valence-corrected chi connectivity index (χ1v) is 7.74. The van der Waals surface area contributed by atoms with E-state index >= 15 is 0 Å². The van der Waals surface area contributed by atoms with Gasteiger partial charge < -0.3 is 10.5 Å². The first-order valence-electron chi connectivity index (χ1n) is 7.36. The SMILES string of the molecule is NC(CCOc1cccc2ccccc12)c1ccccc1Cl. The molecule has 1 atom stereocenters. The predicted molar refractivity (Wildman–Crippen MR) is 92.4 cm³/mol. The van der Waals surface area contributed by atoms with Gasteiger partial charge in [-0.1, -0.05) is 66.2 Å². The molecule has 0 heterocycles. The fraction of sp³-hybridized carbons (Fsp3) is 0.158. The molecular weight excluding hydrogens is 294 g/mol. The van der Waals surface area contributed by atoms with Crippen LogP contribution in [0.25, 0.3) is 10.8 Å². The smallest absolute Gasteiger partial charge is 0.127 e. The summed E-state index contributed by atoms with van der Waals surface area (Å²) in [6.07, 6.45) is 0.715. The molecule has 112 valence electrons. The Bertz CT molecular complexity index is 767. The molecule has 0 saturated heterocycles. The molecule has 3 aromatic rings. The summed E-state index contributed by atoms with van der Waals surface area (Å²) in [6, 6.07) is 21.8. The topological polar surface area (TPSA) is 35.2 Å². The molecule has 0 aromatic heterocycles. The van der Waals surface area contributed by atoms with E-state index in [1.54, 1.807) is 0 Å². The number of benzene rings is 3. The Hall–Kier alpha value is -2.03. The van der Waals surface area contributed by atoms with Crippen LogP contribution in [0, 0.1) is 0 Å². The molecule has 0 spiro atoms. The quantitative estimate of drug-likeness (QED) is 0.722. The molecule has 0 aliphatic carbocycles. The summed E-state index contributed by atoms with van der Waals surface area (Å²) in [6.45, 7) is 0.556. The number of nitrogens with two attached hydrogens (primary N) is 1.